The third kappa shape index (κ3) is 4.64. The minimum absolute atomic E-state index is 0.124. The fraction of sp³-hybridized carbons (Fsp3) is 0.176. The Bertz CT molecular complexity index is 728. The second kappa shape index (κ2) is 7.87. The molecule has 1 N–H and O–H groups in total. The molecule has 0 radical (unpaired) electrons. The summed E-state index contributed by atoms with van der Waals surface area (Å²) in [5, 5.41) is 13.3. The van der Waals surface area contributed by atoms with Gasteiger partial charge in [-0.05, 0) is 24.6 Å². The van der Waals surface area contributed by atoms with Gasteiger partial charge >= 0.3 is 5.97 Å². The van der Waals surface area contributed by atoms with E-state index in [4.69, 9.17) is 4.74 Å². The maximum Gasteiger partial charge on any atom is 0.338 e. The Hall–Kier alpha value is -3.22. The Kier molecular flexibility index (Phi) is 5.62. The molecule has 0 aromatic heterocycles. The SMILES string of the molecule is C[C@@H](NC(=O)COC(=O)c1ccc([N+](=O)[O-])cc1)c1ccccc1. The minimum atomic E-state index is -0.715. The first-order valence-electron chi connectivity index (χ1n) is 7.23. The van der Waals surface area contributed by atoms with E-state index >= 15 is 0 Å². The van der Waals surface area contributed by atoms with E-state index in [1.165, 1.54) is 24.3 Å². The van der Waals surface area contributed by atoms with E-state index in [0.29, 0.717) is 0 Å². The topological polar surface area (TPSA) is 98.5 Å². The van der Waals surface area contributed by atoms with Crippen molar-refractivity contribution in [3.8, 4) is 0 Å². The first kappa shape index (κ1) is 17.1. The van der Waals surface area contributed by atoms with E-state index in [0.717, 1.165) is 5.56 Å². The molecule has 0 aliphatic heterocycles. The summed E-state index contributed by atoms with van der Waals surface area (Å²) in [6.07, 6.45) is 0. The van der Waals surface area contributed by atoms with Crippen molar-refractivity contribution in [1.29, 1.82) is 0 Å². The summed E-state index contributed by atoms with van der Waals surface area (Å²) in [6.45, 7) is 1.40. The summed E-state index contributed by atoms with van der Waals surface area (Å²) in [5.41, 5.74) is 0.957. The van der Waals surface area contributed by atoms with Crippen LogP contribution in [0.5, 0.6) is 0 Å². The molecule has 0 aliphatic carbocycles. The van der Waals surface area contributed by atoms with Crippen molar-refractivity contribution in [2.24, 2.45) is 0 Å². The lowest BCUT2D eigenvalue weighted by Crippen LogP contribution is -2.31. The van der Waals surface area contributed by atoms with Crippen molar-refractivity contribution < 1.29 is 19.2 Å². The van der Waals surface area contributed by atoms with Crippen LogP contribution in [-0.2, 0) is 9.53 Å². The summed E-state index contributed by atoms with van der Waals surface area (Å²) in [4.78, 5) is 33.6. The van der Waals surface area contributed by atoms with Crippen LogP contribution in [0.2, 0.25) is 0 Å². The predicted molar refractivity (Wildman–Crippen MR) is 86.4 cm³/mol. The molecule has 0 fully saturated rings. The number of amides is 1. The second-order valence-corrected chi connectivity index (χ2v) is 5.08. The number of carbonyl (C=O) groups is 2. The Labute approximate surface area is 138 Å². The Morgan fingerprint density at radius 1 is 1.12 bits per heavy atom. The molecule has 7 nitrogen and oxygen atoms in total. The third-order valence-corrected chi connectivity index (χ3v) is 3.33. The van der Waals surface area contributed by atoms with Crippen molar-refractivity contribution in [3.63, 3.8) is 0 Å². The number of carbonyl (C=O) groups excluding carboxylic acids is 2. The molecule has 1 amide bonds. The number of nitrogens with zero attached hydrogens (tertiary/aromatic N) is 1. The van der Waals surface area contributed by atoms with Crippen molar-refractivity contribution in [2.75, 3.05) is 6.61 Å². The minimum Gasteiger partial charge on any atom is -0.452 e. The quantitative estimate of drug-likeness (QED) is 0.499. The van der Waals surface area contributed by atoms with Crippen LogP contribution < -0.4 is 5.32 Å². The number of nitro benzene ring substituents is 1. The number of benzene rings is 2. The van der Waals surface area contributed by atoms with Crippen LogP contribution in [0.1, 0.15) is 28.9 Å². The lowest BCUT2D eigenvalue weighted by Gasteiger charge is -2.14. The van der Waals surface area contributed by atoms with Crippen molar-refractivity contribution >= 4 is 17.6 Å². The van der Waals surface area contributed by atoms with Crippen molar-refractivity contribution in [3.05, 3.63) is 75.8 Å². The number of hydrogen-bond donors (Lipinski definition) is 1. The second-order valence-electron chi connectivity index (χ2n) is 5.08. The highest BCUT2D eigenvalue weighted by Gasteiger charge is 2.14. The van der Waals surface area contributed by atoms with Gasteiger partial charge in [-0.1, -0.05) is 30.3 Å². The molecule has 0 saturated heterocycles. The van der Waals surface area contributed by atoms with E-state index in [1.807, 2.05) is 37.3 Å². The van der Waals surface area contributed by atoms with Gasteiger partial charge in [0.15, 0.2) is 6.61 Å². The summed E-state index contributed by atoms with van der Waals surface area (Å²) in [5.74, 6) is -1.14. The van der Waals surface area contributed by atoms with Crippen LogP contribution in [0.4, 0.5) is 5.69 Å². The molecule has 0 spiro atoms. The van der Waals surface area contributed by atoms with Gasteiger partial charge in [-0.2, -0.15) is 0 Å². The highest BCUT2D eigenvalue weighted by molar-refractivity contribution is 5.91. The molecular weight excluding hydrogens is 312 g/mol. The molecule has 0 saturated carbocycles. The number of esters is 1. The molecule has 124 valence electrons. The fourth-order valence-electron chi connectivity index (χ4n) is 2.04. The molecule has 2 aromatic rings. The van der Waals surface area contributed by atoms with Gasteiger partial charge in [-0.15, -0.1) is 0 Å². The van der Waals surface area contributed by atoms with Crippen LogP contribution >= 0.6 is 0 Å². The van der Waals surface area contributed by atoms with E-state index in [9.17, 15) is 19.7 Å². The maximum atomic E-state index is 11.8. The molecule has 0 heterocycles. The molecule has 24 heavy (non-hydrogen) atoms. The van der Waals surface area contributed by atoms with Gasteiger partial charge in [0.05, 0.1) is 16.5 Å². The summed E-state index contributed by atoms with van der Waals surface area (Å²) >= 11 is 0. The van der Waals surface area contributed by atoms with Crippen LogP contribution in [0.25, 0.3) is 0 Å². The molecule has 0 unspecified atom stereocenters. The maximum absolute atomic E-state index is 11.8. The zero-order valence-electron chi connectivity index (χ0n) is 13.0. The van der Waals surface area contributed by atoms with Gasteiger partial charge < -0.3 is 10.1 Å². The molecule has 7 heteroatoms. The largest absolute Gasteiger partial charge is 0.452 e. The summed E-state index contributed by atoms with van der Waals surface area (Å²) in [6, 6.07) is 14.1. The molecule has 0 aliphatic rings. The monoisotopic (exact) mass is 328 g/mol. The molecular formula is C17H16N2O5. The molecule has 1 atom stereocenters. The van der Waals surface area contributed by atoms with Crippen molar-refractivity contribution in [1.82, 2.24) is 5.32 Å². The average Bonchev–Trinajstić information content (AvgIpc) is 2.60. The molecule has 0 bridgehead atoms. The van der Waals surface area contributed by atoms with E-state index in [2.05, 4.69) is 5.32 Å². The lowest BCUT2D eigenvalue weighted by atomic mass is 10.1. The van der Waals surface area contributed by atoms with Gasteiger partial charge in [0.25, 0.3) is 11.6 Å². The third-order valence-electron chi connectivity index (χ3n) is 3.33. The summed E-state index contributed by atoms with van der Waals surface area (Å²) < 4.78 is 4.91. The van der Waals surface area contributed by atoms with Gasteiger partial charge in [0.1, 0.15) is 0 Å². The smallest absolute Gasteiger partial charge is 0.338 e. The van der Waals surface area contributed by atoms with E-state index in [-0.39, 0.29) is 17.3 Å². The Morgan fingerprint density at radius 2 is 1.75 bits per heavy atom. The normalized spacial score (nSPS) is 11.4. The highest BCUT2D eigenvalue weighted by atomic mass is 16.6. The zero-order chi connectivity index (χ0) is 17.5. The number of nitrogens with one attached hydrogen (secondary N) is 1. The van der Waals surface area contributed by atoms with Gasteiger partial charge in [0, 0.05) is 12.1 Å². The Morgan fingerprint density at radius 3 is 2.33 bits per heavy atom. The van der Waals surface area contributed by atoms with Crippen LogP contribution in [-0.4, -0.2) is 23.4 Å². The highest BCUT2D eigenvalue weighted by Crippen LogP contribution is 2.13. The molecule has 2 rings (SSSR count). The van der Waals surface area contributed by atoms with Gasteiger partial charge in [-0.25, -0.2) is 4.79 Å². The van der Waals surface area contributed by atoms with Gasteiger partial charge in [-0.3, -0.25) is 14.9 Å². The standard InChI is InChI=1S/C17H16N2O5/c1-12(13-5-3-2-4-6-13)18-16(20)11-24-17(21)14-7-9-15(10-8-14)19(22)23/h2-10,12H,11H2,1H3,(H,18,20)/t12-/m1/s1. The van der Waals surface area contributed by atoms with E-state index in [1.54, 1.807) is 0 Å². The zero-order valence-corrected chi connectivity index (χ0v) is 13.0. The first-order chi connectivity index (χ1) is 11.5. The number of hydrogen-bond acceptors (Lipinski definition) is 5. The predicted octanol–water partition coefficient (Wildman–Crippen LogP) is 2.63. The number of ether oxygens (including phenoxy) is 1. The fourth-order valence-corrected chi connectivity index (χ4v) is 2.04. The number of non-ortho nitro benzene ring substituents is 1. The lowest BCUT2D eigenvalue weighted by molar-refractivity contribution is -0.384. The average molecular weight is 328 g/mol. The summed E-state index contributed by atoms with van der Waals surface area (Å²) in [7, 11) is 0. The van der Waals surface area contributed by atoms with Gasteiger partial charge in [0.2, 0.25) is 0 Å². The van der Waals surface area contributed by atoms with Crippen LogP contribution in [0.3, 0.4) is 0 Å². The molecule has 2 aromatic carbocycles. The van der Waals surface area contributed by atoms with Crippen molar-refractivity contribution in [2.45, 2.75) is 13.0 Å². The van der Waals surface area contributed by atoms with E-state index < -0.39 is 23.4 Å². The van der Waals surface area contributed by atoms with Crippen LogP contribution in [0.15, 0.2) is 54.6 Å². The first-order valence-corrected chi connectivity index (χ1v) is 7.23. The Balaban J connectivity index is 1.84. The number of rotatable bonds is 6. The van der Waals surface area contributed by atoms with Crippen LogP contribution in [0, 0.1) is 10.1 Å². The number of nitro groups is 1.